The zero-order valence-corrected chi connectivity index (χ0v) is 9.75. The van der Waals surface area contributed by atoms with Crippen LogP contribution in [0.3, 0.4) is 0 Å². The van der Waals surface area contributed by atoms with Crippen molar-refractivity contribution < 1.29 is 0 Å². The summed E-state index contributed by atoms with van der Waals surface area (Å²) >= 11 is 0. The Balaban J connectivity index is 2.02. The molecule has 0 aliphatic rings. The highest BCUT2D eigenvalue weighted by molar-refractivity contribution is 5.40. The minimum atomic E-state index is 0.823. The maximum atomic E-state index is 5.73. The monoisotopic (exact) mass is 215 g/mol. The molecule has 0 saturated heterocycles. The van der Waals surface area contributed by atoms with Crippen LogP contribution in [0.15, 0.2) is 24.3 Å². The van der Waals surface area contributed by atoms with E-state index in [4.69, 9.17) is 5.73 Å². The molecule has 1 aromatic carbocycles. The first-order valence-corrected chi connectivity index (χ1v) is 5.51. The van der Waals surface area contributed by atoms with E-state index in [0.717, 1.165) is 35.7 Å². The van der Waals surface area contributed by atoms with Gasteiger partial charge in [-0.15, -0.1) is 0 Å². The Morgan fingerprint density at radius 1 is 1.25 bits per heavy atom. The van der Waals surface area contributed by atoms with Crippen molar-refractivity contribution in [3.63, 3.8) is 0 Å². The number of H-pyrrole nitrogens is 1. The first-order chi connectivity index (χ1) is 7.65. The highest BCUT2D eigenvalue weighted by Gasteiger charge is 2.02. The van der Waals surface area contributed by atoms with Crippen molar-refractivity contribution in [3.05, 3.63) is 47.0 Å². The Morgan fingerprint density at radius 3 is 2.69 bits per heavy atom. The third kappa shape index (κ3) is 2.42. The quantitative estimate of drug-likeness (QED) is 0.772. The summed E-state index contributed by atoms with van der Waals surface area (Å²) in [4.78, 5) is 7.75. The van der Waals surface area contributed by atoms with Crippen molar-refractivity contribution in [1.29, 1.82) is 0 Å². The summed E-state index contributed by atoms with van der Waals surface area (Å²) in [6, 6.07) is 8.01. The number of nitrogens with two attached hydrogens (primary N) is 1. The van der Waals surface area contributed by atoms with Crippen LogP contribution in [0, 0.1) is 13.8 Å². The molecule has 0 bridgehead atoms. The molecular weight excluding hydrogens is 198 g/mol. The molecule has 2 aromatic rings. The highest BCUT2D eigenvalue weighted by Crippen LogP contribution is 2.10. The number of benzene rings is 1. The summed E-state index contributed by atoms with van der Waals surface area (Å²) < 4.78 is 0. The first-order valence-electron chi connectivity index (χ1n) is 5.51. The zero-order chi connectivity index (χ0) is 11.5. The van der Waals surface area contributed by atoms with Crippen molar-refractivity contribution >= 4 is 5.69 Å². The van der Waals surface area contributed by atoms with Crippen molar-refractivity contribution in [2.75, 3.05) is 5.73 Å². The van der Waals surface area contributed by atoms with Gasteiger partial charge >= 0.3 is 0 Å². The minimum Gasteiger partial charge on any atom is -0.399 e. The largest absolute Gasteiger partial charge is 0.399 e. The van der Waals surface area contributed by atoms with Gasteiger partial charge in [0.1, 0.15) is 5.82 Å². The molecule has 3 nitrogen and oxygen atoms in total. The number of nitrogens with one attached hydrogen (secondary N) is 1. The molecule has 3 heteroatoms. The number of aryl methyl sites for hydroxylation is 4. The van der Waals surface area contributed by atoms with E-state index in [0.29, 0.717) is 0 Å². The smallest absolute Gasteiger partial charge is 0.106 e. The molecule has 0 unspecified atom stereocenters. The van der Waals surface area contributed by atoms with E-state index in [1.54, 1.807) is 0 Å². The maximum Gasteiger partial charge on any atom is 0.106 e. The number of aromatic amines is 1. The van der Waals surface area contributed by atoms with Gasteiger partial charge < -0.3 is 10.7 Å². The van der Waals surface area contributed by atoms with Gasteiger partial charge in [-0.1, -0.05) is 12.1 Å². The average Bonchev–Trinajstić information content (AvgIpc) is 2.56. The zero-order valence-electron chi connectivity index (χ0n) is 9.75. The number of rotatable bonds is 3. The van der Waals surface area contributed by atoms with E-state index < -0.39 is 0 Å². The molecule has 0 fully saturated rings. The third-order valence-electron chi connectivity index (χ3n) is 2.78. The Morgan fingerprint density at radius 2 is 2.06 bits per heavy atom. The summed E-state index contributed by atoms with van der Waals surface area (Å²) in [5, 5.41) is 0. The van der Waals surface area contributed by atoms with Gasteiger partial charge in [0.25, 0.3) is 0 Å². The van der Waals surface area contributed by atoms with Crippen molar-refractivity contribution in [2.24, 2.45) is 0 Å². The van der Waals surface area contributed by atoms with Gasteiger partial charge in [-0.25, -0.2) is 4.98 Å². The fourth-order valence-corrected chi connectivity index (χ4v) is 1.75. The summed E-state index contributed by atoms with van der Waals surface area (Å²) in [5.74, 6) is 1.05. The van der Waals surface area contributed by atoms with Crippen molar-refractivity contribution in [2.45, 2.75) is 26.7 Å². The van der Waals surface area contributed by atoms with Gasteiger partial charge in [-0.3, -0.25) is 0 Å². The normalized spacial score (nSPS) is 10.6. The van der Waals surface area contributed by atoms with Crippen molar-refractivity contribution in [3.8, 4) is 0 Å². The SMILES string of the molecule is Cc1nc(CCc2cccc(N)c2)[nH]c1C. The van der Waals surface area contributed by atoms with Gasteiger partial charge in [-0.2, -0.15) is 0 Å². The molecule has 0 aliphatic heterocycles. The molecule has 0 aliphatic carbocycles. The maximum absolute atomic E-state index is 5.73. The molecule has 1 heterocycles. The molecular formula is C13H17N3. The predicted molar refractivity (Wildman–Crippen MR) is 66.3 cm³/mol. The van der Waals surface area contributed by atoms with Crippen LogP contribution in [0.5, 0.6) is 0 Å². The van der Waals surface area contributed by atoms with E-state index in [9.17, 15) is 0 Å². The van der Waals surface area contributed by atoms with Crippen LogP contribution < -0.4 is 5.73 Å². The lowest BCUT2D eigenvalue weighted by molar-refractivity contribution is 0.879. The van der Waals surface area contributed by atoms with E-state index in [1.165, 1.54) is 5.56 Å². The molecule has 16 heavy (non-hydrogen) atoms. The lowest BCUT2D eigenvalue weighted by atomic mass is 10.1. The standard InChI is InChI=1S/C13H17N3/c1-9-10(2)16-13(15-9)7-6-11-4-3-5-12(14)8-11/h3-5,8H,6-7,14H2,1-2H3,(H,15,16). The summed E-state index contributed by atoms with van der Waals surface area (Å²) in [6.07, 6.45) is 1.90. The molecule has 0 saturated carbocycles. The second-order valence-electron chi connectivity index (χ2n) is 4.14. The number of nitrogens with zero attached hydrogens (tertiary/aromatic N) is 1. The summed E-state index contributed by atoms with van der Waals surface area (Å²) in [6.45, 7) is 4.07. The second-order valence-corrected chi connectivity index (χ2v) is 4.14. The van der Waals surface area contributed by atoms with Crippen LogP contribution in [0.1, 0.15) is 22.8 Å². The number of aromatic nitrogens is 2. The molecule has 0 spiro atoms. The van der Waals surface area contributed by atoms with E-state index >= 15 is 0 Å². The molecule has 1 aromatic heterocycles. The number of nitrogen functional groups attached to an aromatic ring is 1. The summed E-state index contributed by atoms with van der Waals surface area (Å²) in [5.41, 5.74) is 10.1. The van der Waals surface area contributed by atoms with Gasteiger partial charge in [0.15, 0.2) is 0 Å². The fraction of sp³-hybridized carbons (Fsp3) is 0.308. The Bertz CT molecular complexity index is 466. The van der Waals surface area contributed by atoms with E-state index in [-0.39, 0.29) is 0 Å². The van der Waals surface area contributed by atoms with Crippen LogP contribution >= 0.6 is 0 Å². The molecule has 3 N–H and O–H groups in total. The number of anilines is 1. The number of imidazole rings is 1. The molecule has 0 radical (unpaired) electrons. The van der Waals surface area contributed by atoms with Crippen molar-refractivity contribution in [1.82, 2.24) is 9.97 Å². The highest BCUT2D eigenvalue weighted by atomic mass is 14.9. The average molecular weight is 215 g/mol. The van der Waals surface area contributed by atoms with Crippen LogP contribution in [0.4, 0.5) is 5.69 Å². The van der Waals surface area contributed by atoms with Gasteiger partial charge in [0.2, 0.25) is 0 Å². The van der Waals surface area contributed by atoms with Crippen LogP contribution in [0.25, 0.3) is 0 Å². The van der Waals surface area contributed by atoms with E-state index in [1.807, 2.05) is 32.0 Å². The Kier molecular flexibility index (Phi) is 2.95. The Labute approximate surface area is 95.7 Å². The molecule has 84 valence electrons. The molecule has 0 atom stereocenters. The summed E-state index contributed by atoms with van der Waals surface area (Å²) in [7, 11) is 0. The van der Waals surface area contributed by atoms with Crippen LogP contribution in [-0.2, 0) is 12.8 Å². The number of hydrogen-bond donors (Lipinski definition) is 2. The van der Waals surface area contributed by atoms with Gasteiger partial charge in [-0.05, 0) is 38.0 Å². The second kappa shape index (κ2) is 4.39. The lowest BCUT2D eigenvalue weighted by Gasteiger charge is -2.00. The predicted octanol–water partition coefficient (Wildman–Crippen LogP) is 2.39. The van der Waals surface area contributed by atoms with E-state index in [2.05, 4.69) is 16.0 Å². The van der Waals surface area contributed by atoms with Gasteiger partial charge in [0, 0.05) is 17.8 Å². The first kappa shape index (κ1) is 10.7. The van der Waals surface area contributed by atoms with Crippen LogP contribution in [-0.4, -0.2) is 9.97 Å². The number of hydrogen-bond acceptors (Lipinski definition) is 2. The Hall–Kier alpha value is -1.77. The third-order valence-corrected chi connectivity index (χ3v) is 2.78. The van der Waals surface area contributed by atoms with Crippen LogP contribution in [0.2, 0.25) is 0 Å². The lowest BCUT2D eigenvalue weighted by Crippen LogP contribution is -1.95. The van der Waals surface area contributed by atoms with Gasteiger partial charge in [0.05, 0.1) is 5.69 Å². The topological polar surface area (TPSA) is 54.7 Å². The molecule has 2 rings (SSSR count). The molecule has 0 amide bonds. The minimum absolute atomic E-state index is 0.823. The fourth-order valence-electron chi connectivity index (χ4n) is 1.75.